The topological polar surface area (TPSA) is 80.0 Å². The van der Waals surface area contributed by atoms with Crippen LogP contribution in [-0.4, -0.2) is 35.2 Å². The zero-order chi connectivity index (χ0) is 18.7. The molecule has 0 spiro atoms. The standard InChI is InChI=1S/C20H24N4O2/c1-5-21-13(3)11-22-19(25)16-10-17(15-8-6-12(2)7-9-15)23-20-18(16)14(4)24-26-20/h6-10,13,21H,5,11H2,1-4H3,(H,22,25)/t13-/m1/s1. The summed E-state index contributed by atoms with van der Waals surface area (Å²) < 4.78 is 5.34. The molecule has 1 atom stereocenters. The molecular weight excluding hydrogens is 328 g/mol. The van der Waals surface area contributed by atoms with E-state index in [1.165, 1.54) is 5.56 Å². The van der Waals surface area contributed by atoms with Crippen molar-refractivity contribution < 1.29 is 9.32 Å². The molecule has 1 aromatic carbocycles. The third kappa shape index (κ3) is 3.75. The molecule has 0 saturated carbocycles. The van der Waals surface area contributed by atoms with E-state index in [-0.39, 0.29) is 11.9 Å². The van der Waals surface area contributed by atoms with Gasteiger partial charge in [0, 0.05) is 18.2 Å². The predicted octanol–water partition coefficient (Wildman–Crippen LogP) is 3.23. The van der Waals surface area contributed by atoms with Crippen molar-refractivity contribution in [2.75, 3.05) is 13.1 Å². The van der Waals surface area contributed by atoms with E-state index in [1.54, 1.807) is 0 Å². The van der Waals surface area contributed by atoms with Gasteiger partial charge in [-0.15, -0.1) is 0 Å². The molecule has 0 aliphatic carbocycles. The molecule has 2 heterocycles. The van der Waals surface area contributed by atoms with Crippen molar-refractivity contribution in [3.05, 3.63) is 47.2 Å². The maximum absolute atomic E-state index is 12.8. The number of rotatable bonds is 6. The van der Waals surface area contributed by atoms with E-state index in [0.29, 0.717) is 34.6 Å². The number of nitrogens with zero attached hydrogens (tertiary/aromatic N) is 2. The Labute approximate surface area is 153 Å². The first-order valence-electron chi connectivity index (χ1n) is 8.85. The van der Waals surface area contributed by atoms with Gasteiger partial charge in [-0.25, -0.2) is 4.98 Å². The second-order valence-corrected chi connectivity index (χ2v) is 6.54. The number of hydrogen-bond acceptors (Lipinski definition) is 5. The van der Waals surface area contributed by atoms with Gasteiger partial charge in [-0.05, 0) is 33.4 Å². The average molecular weight is 352 g/mol. The van der Waals surface area contributed by atoms with Gasteiger partial charge in [-0.1, -0.05) is 41.9 Å². The minimum atomic E-state index is -0.151. The number of benzene rings is 1. The number of carbonyl (C=O) groups is 1. The number of pyridine rings is 1. The first-order valence-corrected chi connectivity index (χ1v) is 8.85. The SMILES string of the molecule is CCN[C@H](C)CNC(=O)c1cc(-c2ccc(C)cc2)nc2onc(C)c12. The minimum Gasteiger partial charge on any atom is -0.350 e. The molecule has 2 N–H and O–H groups in total. The summed E-state index contributed by atoms with van der Waals surface area (Å²) >= 11 is 0. The highest BCUT2D eigenvalue weighted by molar-refractivity contribution is 6.07. The van der Waals surface area contributed by atoms with Crippen LogP contribution in [-0.2, 0) is 0 Å². The summed E-state index contributed by atoms with van der Waals surface area (Å²) in [5.74, 6) is -0.151. The largest absolute Gasteiger partial charge is 0.350 e. The predicted molar refractivity (Wildman–Crippen MR) is 102 cm³/mol. The number of likely N-dealkylation sites (N-methyl/N-ethyl adjacent to an activating group) is 1. The van der Waals surface area contributed by atoms with Crippen LogP contribution in [0.25, 0.3) is 22.4 Å². The summed E-state index contributed by atoms with van der Waals surface area (Å²) in [5.41, 5.74) is 4.37. The van der Waals surface area contributed by atoms with Gasteiger partial charge in [0.2, 0.25) is 0 Å². The van der Waals surface area contributed by atoms with Crippen molar-refractivity contribution >= 4 is 17.0 Å². The van der Waals surface area contributed by atoms with Gasteiger partial charge in [0.15, 0.2) is 0 Å². The van der Waals surface area contributed by atoms with Crippen molar-refractivity contribution in [2.45, 2.75) is 33.7 Å². The van der Waals surface area contributed by atoms with Crippen LogP contribution in [0.1, 0.15) is 35.5 Å². The number of fused-ring (bicyclic) bond motifs is 1. The van der Waals surface area contributed by atoms with Crippen LogP contribution in [0.3, 0.4) is 0 Å². The molecule has 0 radical (unpaired) electrons. The highest BCUT2D eigenvalue weighted by Crippen LogP contribution is 2.27. The van der Waals surface area contributed by atoms with E-state index in [0.717, 1.165) is 12.1 Å². The fourth-order valence-electron chi connectivity index (χ4n) is 2.91. The van der Waals surface area contributed by atoms with Crippen molar-refractivity contribution in [3.8, 4) is 11.3 Å². The zero-order valence-corrected chi connectivity index (χ0v) is 15.6. The molecule has 26 heavy (non-hydrogen) atoms. The number of amides is 1. The summed E-state index contributed by atoms with van der Waals surface area (Å²) in [7, 11) is 0. The fourth-order valence-corrected chi connectivity index (χ4v) is 2.91. The van der Waals surface area contributed by atoms with Crippen LogP contribution in [0.4, 0.5) is 0 Å². The number of carbonyl (C=O) groups excluding carboxylic acids is 1. The second-order valence-electron chi connectivity index (χ2n) is 6.54. The highest BCUT2D eigenvalue weighted by atomic mass is 16.5. The van der Waals surface area contributed by atoms with Crippen molar-refractivity contribution in [3.63, 3.8) is 0 Å². The normalized spacial score (nSPS) is 12.3. The van der Waals surface area contributed by atoms with Gasteiger partial charge in [0.25, 0.3) is 11.6 Å². The maximum Gasteiger partial charge on any atom is 0.259 e. The van der Waals surface area contributed by atoms with Crippen LogP contribution in [0.5, 0.6) is 0 Å². The second kappa shape index (κ2) is 7.66. The first-order chi connectivity index (χ1) is 12.5. The Morgan fingerprint density at radius 3 is 2.65 bits per heavy atom. The molecule has 0 fully saturated rings. The van der Waals surface area contributed by atoms with Crippen molar-refractivity contribution in [1.82, 2.24) is 20.8 Å². The fraction of sp³-hybridized carbons (Fsp3) is 0.350. The summed E-state index contributed by atoms with van der Waals surface area (Å²) in [6.45, 7) is 9.33. The summed E-state index contributed by atoms with van der Waals surface area (Å²) in [6, 6.07) is 10.0. The van der Waals surface area contributed by atoms with Crippen LogP contribution in [0.15, 0.2) is 34.9 Å². The van der Waals surface area contributed by atoms with E-state index >= 15 is 0 Å². The van der Waals surface area contributed by atoms with Crippen LogP contribution in [0.2, 0.25) is 0 Å². The van der Waals surface area contributed by atoms with E-state index < -0.39 is 0 Å². The molecule has 0 bridgehead atoms. The first kappa shape index (κ1) is 18.1. The Hall–Kier alpha value is -2.73. The van der Waals surface area contributed by atoms with E-state index in [2.05, 4.69) is 20.8 Å². The molecule has 0 aliphatic rings. The molecule has 6 heteroatoms. The molecule has 2 aromatic heterocycles. The highest BCUT2D eigenvalue weighted by Gasteiger charge is 2.19. The Balaban J connectivity index is 1.98. The molecule has 0 unspecified atom stereocenters. The molecule has 3 rings (SSSR count). The number of aromatic nitrogens is 2. The molecule has 3 aromatic rings. The van der Waals surface area contributed by atoms with Gasteiger partial charge >= 0.3 is 0 Å². The van der Waals surface area contributed by atoms with E-state index in [4.69, 9.17) is 4.52 Å². The van der Waals surface area contributed by atoms with E-state index in [1.807, 2.05) is 58.0 Å². The lowest BCUT2D eigenvalue weighted by atomic mass is 10.0. The van der Waals surface area contributed by atoms with Crippen molar-refractivity contribution in [2.24, 2.45) is 0 Å². The summed E-state index contributed by atoms with van der Waals surface area (Å²) in [6.07, 6.45) is 0. The zero-order valence-electron chi connectivity index (χ0n) is 15.6. The molecule has 136 valence electrons. The minimum absolute atomic E-state index is 0.151. The maximum atomic E-state index is 12.8. The van der Waals surface area contributed by atoms with Crippen LogP contribution in [0, 0.1) is 13.8 Å². The van der Waals surface area contributed by atoms with Gasteiger partial charge in [-0.2, -0.15) is 0 Å². The third-order valence-corrected chi connectivity index (χ3v) is 4.33. The Morgan fingerprint density at radius 1 is 1.23 bits per heavy atom. The lowest BCUT2D eigenvalue weighted by molar-refractivity contribution is 0.0951. The quantitative estimate of drug-likeness (QED) is 0.712. The third-order valence-electron chi connectivity index (χ3n) is 4.33. The Bertz CT molecular complexity index is 915. The summed E-state index contributed by atoms with van der Waals surface area (Å²) in [5, 5.41) is 10.9. The summed E-state index contributed by atoms with van der Waals surface area (Å²) in [4.78, 5) is 17.4. The Morgan fingerprint density at radius 2 is 1.96 bits per heavy atom. The van der Waals surface area contributed by atoms with Gasteiger partial charge in [0.05, 0.1) is 22.3 Å². The van der Waals surface area contributed by atoms with Crippen molar-refractivity contribution in [1.29, 1.82) is 0 Å². The van der Waals surface area contributed by atoms with Crippen LogP contribution < -0.4 is 10.6 Å². The Kier molecular flexibility index (Phi) is 5.32. The average Bonchev–Trinajstić information content (AvgIpc) is 3.01. The van der Waals surface area contributed by atoms with Gasteiger partial charge in [0.1, 0.15) is 0 Å². The van der Waals surface area contributed by atoms with E-state index in [9.17, 15) is 4.79 Å². The number of aryl methyl sites for hydroxylation is 2. The molecular formula is C20H24N4O2. The molecule has 0 saturated heterocycles. The van der Waals surface area contributed by atoms with Crippen LogP contribution >= 0.6 is 0 Å². The smallest absolute Gasteiger partial charge is 0.259 e. The van der Waals surface area contributed by atoms with Gasteiger partial charge in [-0.3, -0.25) is 4.79 Å². The molecule has 1 amide bonds. The lowest BCUT2D eigenvalue weighted by Crippen LogP contribution is -2.38. The lowest BCUT2D eigenvalue weighted by Gasteiger charge is -2.14. The van der Waals surface area contributed by atoms with Gasteiger partial charge < -0.3 is 15.2 Å². The number of hydrogen-bond donors (Lipinski definition) is 2. The molecule has 0 aliphatic heterocycles. The molecule has 6 nitrogen and oxygen atoms in total. The number of nitrogens with one attached hydrogen (secondary N) is 2. The monoisotopic (exact) mass is 352 g/mol.